The molecule has 5 nitrogen and oxygen atoms in total. The topological polar surface area (TPSA) is 45.5 Å². The van der Waals surface area contributed by atoms with Gasteiger partial charge in [-0.2, -0.15) is 4.98 Å². The zero-order chi connectivity index (χ0) is 14.8. The minimum absolute atomic E-state index is 0.382. The van der Waals surface area contributed by atoms with Crippen molar-refractivity contribution in [2.45, 2.75) is 32.7 Å². The van der Waals surface area contributed by atoms with E-state index in [0.29, 0.717) is 17.0 Å². The number of pyridine rings is 1. The van der Waals surface area contributed by atoms with E-state index in [0.717, 1.165) is 31.2 Å². The van der Waals surface area contributed by atoms with Crippen molar-refractivity contribution in [3.8, 4) is 0 Å². The number of halogens is 1. The van der Waals surface area contributed by atoms with Crippen molar-refractivity contribution in [2.75, 3.05) is 24.5 Å². The summed E-state index contributed by atoms with van der Waals surface area (Å²) in [5, 5.41) is 8.68. The molecule has 1 N–H and O–H groups in total. The maximum atomic E-state index is 6.02. The Labute approximate surface area is 130 Å². The quantitative estimate of drug-likeness (QED) is 0.943. The molecule has 0 spiro atoms. The molecule has 0 radical (unpaired) electrons. The highest BCUT2D eigenvalue weighted by molar-refractivity contribution is 6.30. The van der Waals surface area contributed by atoms with Gasteiger partial charge in [0.25, 0.3) is 0 Å². The van der Waals surface area contributed by atoms with Gasteiger partial charge >= 0.3 is 0 Å². The van der Waals surface area contributed by atoms with Gasteiger partial charge in [-0.05, 0) is 57.8 Å². The van der Waals surface area contributed by atoms with Gasteiger partial charge in [0.1, 0.15) is 0 Å². The Morgan fingerprint density at radius 1 is 1.38 bits per heavy atom. The fraction of sp³-hybridized carbons (Fsp3) is 0.600. The van der Waals surface area contributed by atoms with Gasteiger partial charge < -0.3 is 10.2 Å². The molecule has 0 aliphatic carbocycles. The molecule has 114 valence electrons. The fourth-order valence-corrected chi connectivity index (χ4v) is 2.99. The Balaban J connectivity index is 1.84. The molecule has 2 aromatic heterocycles. The van der Waals surface area contributed by atoms with Crippen LogP contribution < -0.4 is 10.2 Å². The van der Waals surface area contributed by atoms with Crippen LogP contribution in [0.5, 0.6) is 0 Å². The molecule has 0 unspecified atom stereocenters. The molecule has 2 aromatic rings. The third-order valence-corrected chi connectivity index (χ3v) is 4.30. The van der Waals surface area contributed by atoms with Crippen molar-refractivity contribution < 1.29 is 0 Å². The predicted molar refractivity (Wildman–Crippen MR) is 86.1 cm³/mol. The Hall–Kier alpha value is -1.33. The Bertz CT molecular complexity index is 603. The monoisotopic (exact) mass is 307 g/mol. The summed E-state index contributed by atoms with van der Waals surface area (Å²) >= 11 is 6.02. The van der Waals surface area contributed by atoms with Crippen LogP contribution in [0, 0.1) is 5.92 Å². The van der Waals surface area contributed by atoms with Crippen molar-refractivity contribution in [1.29, 1.82) is 0 Å². The van der Waals surface area contributed by atoms with Crippen LogP contribution >= 0.6 is 11.6 Å². The third-order valence-electron chi connectivity index (χ3n) is 4.08. The minimum atomic E-state index is 0.382. The number of rotatable bonds is 4. The van der Waals surface area contributed by atoms with Gasteiger partial charge in [0.2, 0.25) is 5.95 Å². The second kappa shape index (κ2) is 6.20. The van der Waals surface area contributed by atoms with E-state index in [1.807, 2.05) is 12.1 Å². The van der Waals surface area contributed by atoms with Crippen LogP contribution in [0.3, 0.4) is 0 Å². The molecule has 1 fully saturated rings. The average molecular weight is 308 g/mol. The normalized spacial score (nSPS) is 16.8. The first-order valence-electron chi connectivity index (χ1n) is 7.63. The lowest BCUT2D eigenvalue weighted by molar-refractivity contribution is 0.366. The Morgan fingerprint density at radius 3 is 2.86 bits per heavy atom. The molecule has 0 amide bonds. The number of nitrogens with zero attached hydrogens (tertiary/aromatic N) is 4. The van der Waals surface area contributed by atoms with E-state index in [-0.39, 0.29) is 0 Å². The highest BCUT2D eigenvalue weighted by atomic mass is 35.5. The number of anilines is 1. The van der Waals surface area contributed by atoms with E-state index < -0.39 is 0 Å². The standard InChI is InChI=1S/C15H22ClN5/c1-11(2)20(9-12-5-7-17-8-6-12)15-18-14-4-3-13(16)10-21(14)19-15/h3-4,10-12,17H,5-9H2,1-2H3. The Kier molecular flexibility index (Phi) is 4.31. The lowest BCUT2D eigenvalue weighted by Gasteiger charge is -2.32. The van der Waals surface area contributed by atoms with Crippen molar-refractivity contribution in [3.05, 3.63) is 23.4 Å². The van der Waals surface area contributed by atoms with Gasteiger partial charge in [-0.3, -0.25) is 0 Å². The fourth-order valence-electron chi connectivity index (χ4n) is 2.83. The number of aromatic nitrogens is 3. The molecule has 6 heteroatoms. The van der Waals surface area contributed by atoms with Crippen LogP contribution in [0.25, 0.3) is 5.65 Å². The lowest BCUT2D eigenvalue weighted by Crippen LogP contribution is -2.40. The zero-order valence-electron chi connectivity index (χ0n) is 12.6. The summed E-state index contributed by atoms with van der Waals surface area (Å²) < 4.78 is 1.76. The minimum Gasteiger partial charge on any atom is -0.337 e. The Morgan fingerprint density at radius 2 is 2.14 bits per heavy atom. The number of hydrogen-bond donors (Lipinski definition) is 1. The van der Waals surface area contributed by atoms with E-state index in [2.05, 4.69) is 34.1 Å². The molecule has 0 saturated carbocycles. The molecule has 0 atom stereocenters. The van der Waals surface area contributed by atoms with Crippen molar-refractivity contribution in [3.63, 3.8) is 0 Å². The van der Waals surface area contributed by atoms with E-state index in [1.54, 1.807) is 10.7 Å². The van der Waals surface area contributed by atoms with E-state index >= 15 is 0 Å². The largest absolute Gasteiger partial charge is 0.337 e. The van der Waals surface area contributed by atoms with E-state index in [9.17, 15) is 0 Å². The molecule has 3 heterocycles. The summed E-state index contributed by atoms with van der Waals surface area (Å²) in [7, 11) is 0. The van der Waals surface area contributed by atoms with Gasteiger partial charge in [-0.25, -0.2) is 4.52 Å². The highest BCUT2D eigenvalue weighted by Gasteiger charge is 2.22. The number of nitrogens with one attached hydrogen (secondary N) is 1. The summed E-state index contributed by atoms with van der Waals surface area (Å²) in [4.78, 5) is 6.95. The first-order chi connectivity index (χ1) is 10.1. The molecule has 0 aromatic carbocycles. The first-order valence-corrected chi connectivity index (χ1v) is 8.00. The second-order valence-corrected chi connectivity index (χ2v) is 6.44. The van der Waals surface area contributed by atoms with E-state index in [1.165, 1.54) is 12.8 Å². The van der Waals surface area contributed by atoms with Crippen molar-refractivity contribution >= 4 is 23.2 Å². The summed E-state index contributed by atoms with van der Waals surface area (Å²) in [6, 6.07) is 4.14. The van der Waals surface area contributed by atoms with Gasteiger partial charge in [0.15, 0.2) is 5.65 Å². The smallest absolute Gasteiger partial charge is 0.245 e. The lowest BCUT2D eigenvalue weighted by atomic mass is 9.97. The van der Waals surface area contributed by atoms with Gasteiger partial charge in [-0.1, -0.05) is 11.6 Å². The highest BCUT2D eigenvalue weighted by Crippen LogP contribution is 2.20. The average Bonchev–Trinajstić information content (AvgIpc) is 2.88. The molecule has 21 heavy (non-hydrogen) atoms. The maximum Gasteiger partial charge on any atom is 0.245 e. The van der Waals surface area contributed by atoms with Gasteiger partial charge in [0, 0.05) is 18.8 Å². The third kappa shape index (κ3) is 3.30. The predicted octanol–water partition coefficient (Wildman–Crippen LogP) is 2.60. The molecule has 3 rings (SSSR count). The summed E-state index contributed by atoms with van der Waals surface area (Å²) in [6.07, 6.45) is 4.25. The van der Waals surface area contributed by atoms with Crippen LogP contribution in [-0.2, 0) is 0 Å². The number of piperidine rings is 1. The molecule has 0 bridgehead atoms. The molecule has 1 aliphatic heterocycles. The van der Waals surface area contributed by atoms with Crippen LogP contribution in [-0.4, -0.2) is 40.3 Å². The van der Waals surface area contributed by atoms with Crippen LogP contribution in [0.1, 0.15) is 26.7 Å². The molecular formula is C15H22ClN5. The molecule has 1 saturated heterocycles. The summed E-state index contributed by atoms with van der Waals surface area (Å²) in [5.74, 6) is 1.51. The van der Waals surface area contributed by atoms with Crippen LogP contribution in [0.2, 0.25) is 5.02 Å². The van der Waals surface area contributed by atoms with Crippen molar-refractivity contribution in [2.24, 2.45) is 5.92 Å². The maximum absolute atomic E-state index is 6.02. The van der Waals surface area contributed by atoms with Crippen LogP contribution in [0.15, 0.2) is 18.3 Å². The molecular weight excluding hydrogens is 286 g/mol. The second-order valence-electron chi connectivity index (χ2n) is 6.00. The van der Waals surface area contributed by atoms with Gasteiger partial charge in [0.05, 0.1) is 5.02 Å². The number of fused-ring (bicyclic) bond motifs is 1. The SMILES string of the molecule is CC(C)N(CC1CCNCC1)c1nc2ccc(Cl)cn2n1. The summed E-state index contributed by atoms with van der Waals surface area (Å²) in [6.45, 7) is 7.64. The number of hydrogen-bond acceptors (Lipinski definition) is 4. The first kappa shape index (κ1) is 14.6. The molecule has 1 aliphatic rings. The van der Waals surface area contributed by atoms with E-state index in [4.69, 9.17) is 11.6 Å². The summed E-state index contributed by atoms with van der Waals surface area (Å²) in [5.41, 5.74) is 0.838. The zero-order valence-corrected chi connectivity index (χ0v) is 13.3. The van der Waals surface area contributed by atoms with Crippen molar-refractivity contribution in [1.82, 2.24) is 19.9 Å². The van der Waals surface area contributed by atoms with Crippen LogP contribution in [0.4, 0.5) is 5.95 Å². The van der Waals surface area contributed by atoms with Gasteiger partial charge in [-0.15, -0.1) is 5.10 Å².